The zero-order chi connectivity index (χ0) is 27.0. The van der Waals surface area contributed by atoms with E-state index in [-0.39, 0.29) is 36.6 Å². The number of benzene rings is 3. The van der Waals surface area contributed by atoms with Crippen LogP contribution in [-0.2, 0) is 14.8 Å². The van der Waals surface area contributed by atoms with Crippen LogP contribution >= 0.6 is 11.6 Å². The Bertz CT molecular complexity index is 1360. The van der Waals surface area contributed by atoms with Gasteiger partial charge in [-0.25, -0.2) is 18.1 Å². The van der Waals surface area contributed by atoms with Gasteiger partial charge < -0.3 is 14.6 Å². The third-order valence-electron chi connectivity index (χ3n) is 5.80. The van der Waals surface area contributed by atoms with Gasteiger partial charge >= 0.3 is 0 Å². The normalized spacial score (nSPS) is 15.9. The lowest BCUT2D eigenvalue weighted by atomic mass is 9.91. The Balaban J connectivity index is 1.50. The summed E-state index contributed by atoms with van der Waals surface area (Å²) in [6.07, 6.45) is 0. The highest BCUT2D eigenvalue weighted by molar-refractivity contribution is 7.90. The van der Waals surface area contributed by atoms with Crippen molar-refractivity contribution in [2.24, 2.45) is 10.1 Å². The number of hydrogen-bond donors (Lipinski definition) is 2. The quantitative estimate of drug-likeness (QED) is 0.224. The minimum absolute atomic E-state index is 0.0549. The summed E-state index contributed by atoms with van der Waals surface area (Å²) in [5.41, 5.74) is 2.73. The Labute approximate surface area is 227 Å². The van der Waals surface area contributed by atoms with Crippen LogP contribution in [0.1, 0.15) is 17.0 Å². The van der Waals surface area contributed by atoms with E-state index in [2.05, 4.69) is 9.71 Å². The van der Waals surface area contributed by atoms with E-state index in [1.165, 1.54) is 19.2 Å². The van der Waals surface area contributed by atoms with Crippen molar-refractivity contribution in [1.29, 1.82) is 0 Å². The predicted octanol–water partition coefficient (Wildman–Crippen LogP) is 3.50. The molecule has 3 aromatic rings. The van der Waals surface area contributed by atoms with Crippen molar-refractivity contribution in [2.45, 2.75) is 10.8 Å². The Morgan fingerprint density at radius 3 is 2.42 bits per heavy atom. The van der Waals surface area contributed by atoms with Crippen molar-refractivity contribution >= 4 is 33.3 Å². The highest BCUT2D eigenvalue weighted by atomic mass is 35.5. The van der Waals surface area contributed by atoms with Gasteiger partial charge in [0.2, 0.25) is 5.96 Å². The van der Waals surface area contributed by atoms with Crippen LogP contribution in [0.15, 0.2) is 93.9 Å². The summed E-state index contributed by atoms with van der Waals surface area (Å²) in [4.78, 5) is 4.26. The second-order valence-electron chi connectivity index (χ2n) is 8.35. The fraction of sp³-hybridized carbons (Fsp3) is 0.259. The largest absolute Gasteiger partial charge is 0.491 e. The number of aliphatic hydroxyl groups is 1. The number of halogens is 1. The molecule has 0 saturated heterocycles. The van der Waals surface area contributed by atoms with Gasteiger partial charge in [0.1, 0.15) is 12.4 Å². The molecule has 38 heavy (non-hydrogen) atoms. The molecule has 0 fully saturated rings. The van der Waals surface area contributed by atoms with Crippen LogP contribution in [0.25, 0.3) is 0 Å². The first-order valence-electron chi connectivity index (χ1n) is 12.0. The summed E-state index contributed by atoms with van der Waals surface area (Å²) in [6.45, 7) is 1.18. The average molecular weight is 557 g/mol. The summed E-state index contributed by atoms with van der Waals surface area (Å²) < 4.78 is 39.6. The number of guanidine groups is 1. The average Bonchev–Trinajstić information content (AvgIpc) is 3.38. The Kier molecular flexibility index (Phi) is 9.35. The molecule has 0 saturated carbocycles. The molecule has 1 heterocycles. The molecule has 200 valence electrons. The molecule has 1 unspecified atom stereocenters. The van der Waals surface area contributed by atoms with E-state index < -0.39 is 10.0 Å². The molecule has 1 atom stereocenters. The highest BCUT2D eigenvalue weighted by Crippen LogP contribution is 2.29. The topological polar surface area (TPSA) is 113 Å². The van der Waals surface area contributed by atoms with E-state index in [0.717, 1.165) is 16.8 Å². The van der Waals surface area contributed by atoms with Gasteiger partial charge in [0, 0.05) is 18.0 Å². The van der Waals surface area contributed by atoms with E-state index in [1.54, 1.807) is 29.3 Å². The molecule has 9 nitrogen and oxygen atoms in total. The minimum Gasteiger partial charge on any atom is -0.491 e. The molecule has 0 aliphatic carbocycles. The minimum atomic E-state index is -3.95. The Morgan fingerprint density at radius 2 is 1.76 bits per heavy atom. The molecule has 0 amide bonds. The molecule has 3 aromatic carbocycles. The van der Waals surface area contributed by atoms with Gasteiger partial charge in [-0.3, -0.25) is 4.99 Å². The van der Waals surface area contributed by atoms with E-state index in [4.69, 9.17) is 31.3 Å². The van der Waals surface area contributed by atoms with Gasteiger partial charge in [-0.05, 0) is 47.5 Å². The van der Waals surface area contributed by atoms with Crippen LogP contribution < -0.4 is 9.46 Å². The number of nitrogens with one attached hydrogen (secondary N) is 1. The van der Waals surface area contributed by atoms with Crippen molar-refractivity contribution in [3.8, 4) is 5.75 Å². The number of rotatable bonds is 10. The molecular weight excluding hydrogens is 528 g/mol. The zero-order valence-electron chi connectivity index (χ0n) is 20.8. The van der Waals surface area contributed by atoms with Crippen LogP contribution in [-0.4, -0.2) is 70.2 Å². The van der Waals surface area contributed by atoms with Gasteiger partial charge in [0.05, 0.1) is 37.0 Å². The van der Waals surface area contributed by atoms with Crippen LogP contribution in [0.5, 0.6) is 5.75 Å². The molecule has 11 heteroatoms. The lowest BCUT2D eigenvalue weighted by Gasteiger charge is -2.19. The Morgan fingerprint density at radius 1 is 1.05 bits per heavy atom. The molecule has 1 aliphatic rings. The first kappa shape index (κ1) is 27.6. The molecule has 0 radical (unpaired) electrons. The van der Waals surface area contributed by atoms with Crippen molar-refractivity contribution in [1.82, 2.24) is 9.73 Å². The number of aliphatic imine (C=N–C) groups is 1. The van der Waals surface area contributed by atoms with Crippen molar-refractivity contribution in [2.75, 3.05) is 40.0 Å². The third-order valence-corrected chi connectivity index (χ3v) is 7.40. The smallest absolute Gasteiger partial charge is 0.264 e. The molecular formula is C27H29ClN4O5S. The number of hydrazone groups is 1. The SMILES string of the molecule is CN=C(NS(=O)(=O)c1ccc(OCCOCCO)cc1)N1CC(c2ccccc2)C(c2ccc(Cl)cc2)=N1. The van der Waals surface area contributed by atoms with Gasteiger partial charge in [0.25, 0.3) is 10.0 Å². The van der Waals surface area contributed by atoms with Crippen molar-refractivity contribution < 1.29 is 23.0 Å². The Hall–Kier alpha value is -3.44. The van der Waals surface area contributed by atoms with Crippen LogP contribution in [0.3, 0.4) is 0 Å². The fourth-order valence-electron chi connectivity index (χ4n) is 3.95. The maximum Gasteiger partial charge on any atom is 0.264 e. The predicted molar refractivity (Wildman–Crippen MR) is 147 cm³/mol. The number of sulfonamides is 1. The van der Waals surface area contributed by atoms with E-state index in [0.29, 0.717) is 23.9 Å². The molecule has 2 N–H and O–H groups in total. The zero-order valence-corrected chi connectivity index (χ0v) is 22.4. The van der Waals surface area contributed by atoms with Crippen molar-refractivity contribution in [3.63, 3.8) is 0 Å². The molecule has 0 aromatic heterocycles. The van der Waals surface area contributed by atoms with Gasteiger partial charge in [-0.15, -0.1) is 0 Å². The van der Waals surface area contributed by atoms with Crippen molar-refractivity contribution in [3.05, 3.63) is 95.0 Å². The monoisotopic (exact) mass is 556 g/mol. The van der Waals surface area contributed by atoms with E-state index in [9.17, 15) is 8.42 Å². The van der Waals surface area contributed by atoms with Crippen LogP contribution in [0, 0.1) is 0 Å². The lowest BCUT2D eigenvalue weighted by Crippen LogP contribution is -2.41. The van der Waals surface area contributed by atoms with Crippen LogP contribution in [0.4, 0.5) is 0 Å². The summed E-state index contributed by atoms with van der Waals surface area (Å²) in [6, 6.07) is 23.4. The maximum atomic E-state index is 13.2. The van der Waals surface area contributed by atoms with Gasteiger partial charge in [0.15, 0.2) is 0 Å². The summed E-state index contributed by atoms with van der Waals surface area (Å²) >= 11 is 6.09. The summed E-state index contributed by atoms with van der Waals surface area (Å²) in [5, 5.41) is 15.7. The second kappa shape index (κ2) is 12.9. The lowest BCUT2D eigenvalue weighted by molar-refractivity contribution is 0.0705. The number of aliphatic hydroxyl groups excluding tert-OH is 1. The fourth-order valence-corrected chi connectivity index (χ4v) is 5.13. The first-order valence-corrected chi connectivity index (χ1v) is 13.9. The number of nitrogens with zero attached hydrogens (tertiary/aromatic N) is 3. The van der Waals surface area contributed by atoms with E-state index >= 15 is 0 Å². The molecule has 0 bridgehead atoms. The first-order chi connectivity index (χ1) is 18.4. The molecule has 1 aliphatic heterocycles. The maximum absolute atomic E-state index is 13.2. The number of hydrogen-bond acceptors (Lipinski definition) is 7. The molecule has 4 rings (SSSR count). The second-order valence-corrected chi connectivity index (χ2v) is 10.5. The summed E-state index contributed by atoms with van der Waals surface area (Å²) in [5.74, 6) is 0.510. The highest BCUT2D eigenvalue weighted by Gasteiger charge is 2.32. The van der Waals surface area contributed by atoms with Gasteiger partial charge in [-0.1, -0.05) is 54.1 Å². The van der Waals surface area contributed by atoms with E-state index in [1.807, 2.05) is 42.5 Å². The molecule has 0 spiro atoms. The van der Waals surface area contributed by atoms with Crippen LogP contribution in [0.2, 0.25) is 5.02 Å². The standard InChI is InChI=1S/C27H29ClN4O5S/c1-29-27(31-38(34,35)24-13-11-23(12-14-24)37-18-17-36-16-15-33)32-19-25(20-5-3-2-4-6-20)26(30-32)21-7-9-22(28)10-8-21/h2-14,25,33H,15-19H2,1H3,(H,29,31). The number of ether oxygens (including phenoxy) is 2. The van der Waals surface area contributed by atoms with Gasteiger partial charge in [-0.2, -0.15) is 5.10 Å². The summed E-state index contributed by atoms with van der Waals surface area (Å²) in [7, 11) is -2.43. The third kappa shape index (κ3) is 6.90.